The highest BCUT2D eigenvalue weighted by Crippen LogP contribution is 2.31. The van der Waals surface area contributed by atoms with E-state index < -0.39 is 0 Å². The van der Waals surface area contributed by atoms with Crippen LogP contribution in [0.25, 0.3) is 0 Å². The highest BCUT2D eigenvalue weighted by Gasteiger charge is 2.15. The molecule has 0 aromatic heterocycles. The molecule has 0 bridgehead atoms. The third-order valence-corrected chi connectivity index (χ3v) is 5.16. The number of phenols is 3. The van der Waals surface area contributed by atoms with Gasteiger partial charge < -0.3 is 15.3 Å². The molecular formula is C24H26O3. The normalized spacial score (nSPS) is 12.0. The van der Waals surface area contributed by atoms with Crippen molar-refractivity contribution >= 4 is 0 Å². The molecule has 0 saturated heterocycles. The summed E-state index contributed by atoms with van der Waals surface area (Å²) in [5.74, 6) is 1.20. The monoisotopic (exact) mass is 362 g/mol. The highest BCUT2D eigenvalue weighted by molar-refractivity contribution is 5.45. The van der Waals surface area contributed by atoms with Crippen molar-refractivity contribution in [3.05, 3.63) is 89.0 Å². The molecule has 0 fully saturated rings. The van der Waals surface area contributed by atoms with Crippen molar-refractivity contribution in [2.24, 2.45) is 5.92 Å². The van der Waals surface area contributed by atoms with Gasteiger partial charge in [-0.3, -0.25) is 0 Å². The van der Waals surface area contributed by atoms with Crippen molar-refractivity contribution < 1.29 is 15.3 Å². The Bertz CT molecular complexity index is 902. The van der Waals surface area contributed by atoms with Gasteiger partial charge in [-0.1, -0.05) is 67.9 Å². The Morgan fingerprint density at radius 1 is 0.630 bits per heavy atom. The summed E-state index contributed by atoms with van der Waals surface area (Å²) < 4.78 is 0. The first-order valence-electron chi connectivity index (χ1n) is 9.42. The van der Waals surface area contributed by atoms with Crippen LogP contribution in [-0.2, 0) is 19.3 Å². The van der Waals surface area contributed by atoms with E-state index in [-0.39, 0.29) is 5.75 Å². The number of para-hydroxylation sites is 3. The van der Waals surface area contributed by atoms with Crippen LogP contribution in [0.4, 0.5) is 0 Å². The number of hydrogen-bond acceptors (Lipinski definition) is 3. The molecule has 0 aliphatic rings. The Morgan fingerprint density at radius 2 is 1.15 bits per heavy atom. The van der Waals surface area contributed by atoms with E-state index in [0.29, 0.717) is 23.8 Å². The average Bonchev–Trinajstić information content (AvgIpc) is 2.67. The van der Waals surface area contributed by atoms with Crippen LogP contribution < -0.4 is 0 Å². The maximum absolute atomic E-state index is 10.8. The second kappa shape index (κ2) is 8.63. The first-order valence-corrected chi connectivity index (χ1v) is 9.42. The molecule has 0 saturated carbocycles. The van der Waals surface area contributed by atoms with Gasteiger partial charge in [-0.05, 0) is 53.1 Å². The van der Waals surface area contributed by atoms with Gasteiger partial charge in [0, 0.05) is 6.42 Å². The van der Waals surface area contributed by atoms with Crippen LogP contribution in [0.3, 0.4) is 0 Å². The second-order valence-electron chi connectivity index (χ2n) is 7.04. The predicted molar refractivity (Wildman–Crippen MR) is 108 cm³/mol. The zero-order chi connectivity index (χ0) is 19.2. The molecule has 0 radical (unpaired) electrons. The second-order valence-corrected chi connectivity index (χ2v) is 7.04. The summed E-state index contributed by atoms with van der Waals surface area (Å²) in [4.78, 5) is 0. The Kier molecular flexibility index (Phi) is 6.02. The Hall–Kier alpha value is -2.94. The van der Waals surface area contributed by atoms with E-state index in [9.17, 15) is 15.3 Å². The zero-order valence-corrected chi connectivity index (χ0v) is 15.6. The first kappa shape index (κ1) is 18.8. The summed E-state index contributed by atoms with van der Waals surface area (Å²) in [5.41, 5.74) is 3.46. The summed E-state index contributed by atoms with van der Waals surface area (Å²) in [6.45, 7) is 2.13. The minimum Gasteiger partial charge on any atom is -0.508 e. The molecule has 3 heteroatoms. The lowest BCUT2D eigenvalue weighted by atomic mass is 9.88. The molecule has 0 amide bonds. The van der Waals surface area contributed by atoms with E-state index in [2.05, 4.69) is 6.92 Å². The van der Waals surface area contributed by atoms with Gasteiger partial charge in [-0.2, -0.15) is 0 Å². The molecule has 3 aromatic carbocycles. The molecular weight excluding hydrogens is 336 g/mol. The van der Waals surface area contributed by atoms with Gasteiger partial charge >= 0.3 is 0 Å². The van der Waals surface area contributed by atoms with Gasteiger partial charge in [-0.25, -0.2) is 0 Å². The minimum atomic E-state index is 0.244. The molecule has 3 aromatic rings. The Balaban J connectivity index is 1.78. The molecule has 140 valence electrons. The summed E-state index contributed by atoms with van der Waals surface area (Å²) in [7, 11) is 0. The number of rotatable bonds is 7. The predicted octanol–water partition coefficient (Wildman–Crippen LogP) is 5.21. The Morgan fingerprint density at radius 3 is 1.78 bits per heavy atom. The highest BCUT2D eigenvalue weighted by atomic mass is 16.3. The smallest absolute Gasteiger partial charge is 0.122 e. The maximum atomic E-state index is 10.8. The molecule has 1 unspecified atom stereocenters. The standard InChI is InChI=1S/C24H26O3/c1-2-17(14-18-8-3-5-12-22(18)25)15-20-10-7-11-21(24(20)27)16-19-9-4-6-13-23(19)26/h3-13,17,25-27H,2,14-16H2,1H3. The largest absolute Gasteiger partial charge is 0.508 e. The van der Waals surface area contributed by atoms with Gasteiger partial charge in [-0.15, -0.1) is 0 Å². The lowest BCUT2D eigenvalue weighted by Gasteiger charge is -2.18. The average molecular weight is 362 g/mol. The van der Waals surface area contributed by atoms with Crippen molar-refractivity contribution in [2.75, 3.05) is 0 Å². The van der Waals surface area contributed by atoms with Gasteiger partial charge in [0.25, 0.3) is 0 Å². The fourth-order valence-electron chi connectivity index (χ4n) is 3.48. The molecule has 0 aliphatic carbocycles. The lowest BCUT2D eigenvalue weighted by Crippen LogP contribution is -2.08. The quantitative estimate of drug-likeness (QED) is 0.541. The van der Waals surface area contributed by atoms with Crippen LogP contribution >= 0.6 is 0 Å². The van der Waals surface area contributed by atoms with Crippen LogP contribution in [0.1, 0.15) is 35.6 Å². The molecule has 1 atom stereocenters. The molecule has 3 N–H and O–H groups in total. The minimum absolute atomic E-state index is 0.244. The third kappa shape index (κ3) is 4.62. The maximum Gasteiger partial charge on any atom is 0.122 e. The van der Waals surface area contributed by atoms with Crippen LogP contribution in [-0.4, -0.2) is 15.3 Å². The van der Waals surface area contributed by atoms with Crippen molar-refractivity contribution in [2.45, 2.75) is 32.6 Å². The van der Waals surface area contributed by atoms with Gasteiger partial charge in [0.1, 0.15) is 17.2 Å². The zero-order valence-electron chi connectivity index (χ0n) is 15.6. The van der Waals surface area contributed by atoms with E-state index in [4.69, 9.17) is 0 Å². The summed E-state index contributed by atoms with van der Waals surface area (Å²) in [6, 6.07) is 20.4. The van der Waals surface area contributed by atoms with Crippen molar-refractivity contribution in [3.8, 4) is 17.2 Å². The van der Waals surface area contributed by atoms with E-state index >= 15 is 0 Å². The van der Waals surface area contributed by atoms with Crippen LogP contribution in [0, 0.1) is 5.92 Å². The fourth-order valence-corrected chi connectivity index (χ4v) is 3.48. The van der Waals surface area contributed by atoms with Crippen molar-refractivity contribution in [3.63, 3.8) is 0 Å². The Labute approximate surface area is 160 Å². The molecule has 3 rings (SSSR count). The van der Waals surface area contributed by atoms with Crippen molar-refractivity contribution in [1.29, 1.82) is 0 Å². The molecule has 0 aliphatic heterocycles. The van der Waals surface area contributed by atoms with Crippen LogP contribution in [0.15, 0.2) is 66.7 Å². The van der Waals surface area contributed by atoms with Crippen LogP contribution in [0.2, 0.25) is 0 Å². The molecule has 27 heavy (non-hydrogen) atoms. The van der Waals surface area contributed by atoms with Crippen LogP contribution in [0.5, 0.6) is 17.2 Å². The van der Waals surface area contributed by atoms with Gasteiger partial charge in [0.15, 0.2) is 0 Å². The van der Waals surface area contributed by atoms with Gasteiger partial charge in [0.2, 0.25) is 0 Å². The SMILES string of the molecule is CCC(Cc1ccccc1O)Cc1cccc(Cc2ccccc2O)c1O. The molecule has 3 nitrogen and oxygen atoms in total. The lowest BCUT2D eigenvalue weighted by molar-refractivity contribution is 0.433. The third-order valence-electron chi connectivity index (χ3n) is 5.16. The van der Waals surface area contributed by atoms with Crippen molar-refractivity contribution in [1.82, 2.24) is 0 Å². The molecule has 0 spiro atoms. The molecule has 0 heterocycles. The van der Waals surface area contributed by atoms with Gasteiger partial charge in [0.05, 0.1) is 0 Å². The first-order chi connectivity index (χ1) is 13.1. The number of phenolic OH excluding ortho intramolecular Hbond substituents is 3. The van der Waals surface area contributed by atoms with E-state index in [1.165, 1.54) is 0 Å². The summed E-state index contributed by atoms with van der Waals surface area (Å²) in [6.07, 6.45) is 2.96. The topological polar surface area (TPSA) is 60.7 Å². The van der Waals surface area contributed by atoms with E-state index in [1.807, 2.05) is 48.5 Å². The number of benzene rings is 3. The fraction of sp³-hybridized carbons (Fsp3) is 0.250. The number of hydrogen-bond donors (Lipinski definition) is 3. The van der Waals surface area contributed by atoms with E-state index in [1.54, 1.807) is 18.2 Å². The summed E-state index contributed by atoms with van der Waals surface area (Å²) in [5, 5.41) is 30.8. The summed E-state index contributed by atoms with van der Waals surface area (Å²) >= 11 is 0. The number of aromatic hydroxyl groups is 3. The van der Waals surface area contributed by atoms with E-state index in [0.717, 1.165) is 41.5 Å².